The molecule has 1 aromatic carbocycles. The molecule has 0 N–H and O–H groups in total. The first-order valence-corrected chi connectivity index (χ1v) is 10.3. The maximum Gasteiger partial charge on any atom is 0.253 e. The Morgan fingerprint density at radius 2 is 1.77 bits per heavy atom. The van der Waals surface area contributed by atoms with Gasteiger partial charge in [0, 0.05) is 37.2 Å². The summed E-state index contributed by atoms with van der Waals surface area (Å²) < 4.78 is 0. The highest BCUT2D eigenvalue weighted by Gasteiger charge is 2.33. The Morgan fingerprint density at radius 3 is 2.42 bits per heavy atom. The van der Waals surface area contributed by atoms with Gasteiger partial charge >= 0.3 is 0 Å². The molecule has 1 atom stereocenters. The fourth-order valence-electron chi connectivity index (χ4n) is 4.09. The molecule has 1 aromatic rings. The molecule has 0 spiro atoms. The molecule has 1 unspecified atom stereocenters. The zero-order chi connectivity index (χ0) is 18.7. The summed E-state index contributed by atoms with van der Waals surface area (Å²) in [6.07, 6.45) is 5.95. The van der Waals surface area contributed by atoms with E-state index in [0.717, 1.165) is 38.6 Å². The number of hydrogen-bond acceptors (Lipinski definition) is 2. The van der Waals surface area contributed by atoms with E-state index >= 15 is 0 Å². The fraction of sp³-hybridized carbons (Fsp3) is 0.600. The second-order valence-corrected chi connectivity index (χ2v) is 8.10. The molecular weight excluding hydrogens is 371 g/mol. The van der Waals surface area contributed by atoms with Crippen molar-refractivity contribution in [2.45, 2.75) is 51.5 Å². The van der Waals surface area contributed by atoms with Gasteiger partial charge in [0.1, 0.15) is 0 Å². The maximum atomic E-state index is 12.9. The fourth-order valence-corrected chi connectivity index (χ4v) is 4.39. The number of piperidine rings is 2. The molecule has 0 bridgehead atoms. The summed E-state index contributed by atoms with van der Waals surface area (Å²) in [6, 6.07) is 5.36. The normalized spacial score (nSPS) is 21.7. The summed E-state index contributed by atoms with van der Waals surface area (Å²) >= 11 is 11.9. The van der Waals surface area contributed by atoms with E-state index in [0.29, 0.717) is 34.7 Å². The van der Waals surface area contributed by atoms with Crippen molar-refractivity contribution in [2.24, 2.45) is 5.92 Å². The first-order chi connectivity index (χ1) is 12.5. The molecule has 2 aliphatic rings. The smallest absolute Gasteiger partial charge is 0.253 e. The Morgan fingerprint density at radius 1 is 1.04 bits per heavy atom. The molecule has 0 aliphatic carbocycles. The van der Waals surface area contributed by atoms with E-state index in [1.54, 1.807) is 18.2 Å². The van der Waals surface area contributed by atoms with E-state index in [2.05, 4.69) is 11.8 Å². The van der Waals surface area contributed by atoms with Crippen LogP contribution in [0.5, 0.6) is 0 Å². The topological polar surface area (TPSA) is 40.6 Å². The Balaban J connectivity index is 1.59. The molecule has 6 heteroatoms. The molecule has 4 nitrogen and oxygen atoms in total. The standard InChI is InChI=1S/C20H26Cl2N2O2/c1-2-16-5-3-4-10-24(16)20(26)14-8-11-23(12-9-14)19(25)15-6-7-17(21)18(22)13-15/h6-7,13-14,16H,2-5,8-12H2,1H3. The van der Waals surface area contributed by atoms with E-state index in [1.165, 1.54) is 6.42 Å². The highest BCUT2D eigenvalue weighted by atomic mass is 35.5. The van der Waals surface area contributed by atoms with Gasteiger partial charge in [-0.2, -0.15) is 0 Å². The molecule has 2 saturated heterocycles. The minimum absolute atomic E-state index is 0.0417. The minimum Gasteiger partial charge on any atom is -0.339 e. The summed E-state index contributed by atoms with van der Waals surface area (Å²) in [7, 11) is 0. The van der Waals surface area contributed by atoms with Crippen molar-refractivity contribution < 1.29 is 9.59 Å². The highest BCUT2D eigenvalue weighted by Crippen LogP contribution is 2.28. The van der Waals surface area contributed by atoms with Crippen LogP contribution in [0.25, 0.3) is 0 Å². The molecule has 0 aromatic heterocycles. The lowest BCUT2D eigenvalue weighted by atomic mass is 9.91. The molecule has 2 amide bonds. The average molecular weight is 397 g/mol. The van der Waals surface area contributed by atoms with Gasteiger partial charge in [-0.1, -0.05) is 30.1 Å². The summed E-state index contributed by atoms with van der Waals surface area (Å²) in [5.41, 5.74) is 0.547. The number of rotatable bonds is 3. The molecule has 0 radical (unpaired) electrons. The number of halogens is 2. The quantitative estimate of drug-likeness (QED) is 0.746. The van der Waals surface area contributed by atoms with Gasteiger partial charge < -0.3 is 9.80 Å². The molecule has 2 aliphatic heterocycles. The minimum atomic E-state index is -0.0427. The van der Waals surface area contributed by atoms with E-state index in [4.69, 9.17) is 23.2 Å². The van der Waals surface area contributed by atoms with Gasteiger partial charge in [-0.15, -0.1) is 0 Å². The van der Waals surface area contributed by atoms with Crippen molar-refractivity contribution >= 4 is 35.0 Å². The van der Waals surface area contributed by atoms with Gasteiger partial charge in [0.15, 0.2) is 0 Å². The third kappa shape index (κ3) is 4.17. The Hall–Kier alpha value is -1.26. The summed E-state index contributed by atoms with van der Waals surface area (Å²) in [4.78, 5) is 29.5. The van der Waals surface area contributed by atoms with Crippen LogP contribution in [0.15, 0.2) is 18.2 Å². The van der Waals surface area contributed by atoms with Crippen LogP contribution in [0.4, 0.5) is 0 Å². The van der Waals surface area contributed by atoms with Gasteiger partial charge in [0.05, 0.1) is 10.0 Å². The van der Waals surface area contributed by atoms with Crippen LogP contribution in [0.1, 0.15) is 55.8 Å². The number of carbonyl (C=O) groups is 2. The summed E-state index contributed by atoms with van der Waals surface area (Å²) in [6.45, 7) is 4.27. The zero-order valence-corrected chi connectivity index (χ0v) is 16.7. The first-order valence-electron chi connectivity index (χ1n) is 9.56. The van der Waals surface area contributed by atoms with Crippen LogP contribution in [-0.2, 0) is 4.79 Å². The van der Waals surface area contributed by atoms with Crippen LogP contribution in [0, 0.1) is 5.92 Å². The summed E-state index contributed by atoms with van der Waals surface area (Å²) in [5, 5.41) is 0.831. The van der Waals surface area contributed by atoms with Crippen molar-refractivity contribution in [3.05, 3.63) is 33.8 Å². The van der Waals surface area contributed by atoms with Crippen LogP contribution >= 0.6 is 23.2 Å². The Labute approximate surface area is 165 Å². The molecule has 26 heavy (non-hydrogen) atoms. The lowest BCUT2D eigenvalue weighted by Crippen LogP contribution is -2.49. The van der Waals surface area contributed by atoms with Gasteiger partial charge in [-0.05, 0) is 56.7 Å². The number of carbonyl (C=O) groups excluding carboxylic acids is 2. The number of nitrogens with zero attached hydrogens (tertiary/aromatic N) is 2. The van der Waals surface area contributed by atoms with E-state index in [1.807, 2.05) is 4.90 Å². The second kappa shape index (κ2) is 8.62. The third-order valence-corrected chi connectivity index (χ3v) is 6.42. The Bertz CT molecular complexity index is 672. The molecule has 142 valence electrons. The monoisotopic (exact) mass is 396 g/mol. The van der Waals surface area contributed by atoms with Gasteiger partial charge in [0.25, 0.3) is 5.91 Å². The van der Waals surface area contributed by atoms with Crippen LogP contribution < -0.4 is 0 Å². The predicted molar refractivity (Wildman–Crippen MR) is 105 cm³/mol. The first kappa shape index (κ1) is 19.5. The van der Waals surface area contributed by atoms with Gasteiger partial charge in [-0.3, -0.25) is 9.59 Å². The zero-order valence-electron chi connectivity index (χ0n) is 15.2. The SMILES string of the molecule is CCC1CCCCN1C(=O)C1CCN(C(=O)c2ccc(Cl)c(Cl)c2)CC1. The molecule has 2 fully saturated rings. The highest BCUT2D eigenvalue weighted by molar-refractivity contribution is 6.42. The molecule has 0 saturated carbocycles. The van der Waals surface area contributed by atoms with E-state index < -0.39 is 0 Å². The van der Waals surface area contributed by atoms with E-state index in [-0.39, 0.29) is 17.7 Å². The molecule has 2 heterocycles. The van der Waals surface area contributed by atoms with Crippen LogP contribution in [0.2, 0.25) is 10.0 Å². The third-order valence-electron chi connectivity index (χ3n) is 5.68. The summed E-state index contributed by atoms with van der Waals surface area (Å²) in [5.74, 6) is 0.289. The number of benzene rings is 1. The number of amides is 2. The lowest BCUT2D eigenvalue weighted by Gasteiger charge is -2.39. The van der Waals surface area contributed by atoms with Crippen molar-refractivity contribution in [3.63, 3.8) is 0 Å². The van der Waals surface area contributed by atoms with Gasteiger partial charge in [0.2, 0.25) is 5.91 Å². The lowest BCUT2D eigenvalue weighted by molar-refractivity contribution is -0.140. The van der Waals surface area contributed by atoms with Crippen LogP contribution in [-0.4, -0.2) is 47.3 Å². The van der Waals surface area contributed by atoms with Crippen LogP contribution in [0.3, 0.4) is 0 Å². The van der Waals surface area contributed by atoms with E-state index in [9.17, 15) is 9.59 Å². The number of hydrogen-bond donors (Lipinski definition) is 0. The average Bonchev–Trinajstić information content (AvgIpc) is 2.69. The largest absolute Gasteiger partial charge is 0.339 e. The second-order valence-electron chi connectivity index (χ2n) is 7.28. The Kier molecular flexibility index (Phi) is 6.46. The molecular formula is C20H26Cl2N2O2. The number of likely N-dealkylation sites (tertiary alicyclic amines) is 2. The maximum absolute atomic E-state index is 12.9. The molecule has 3 rings (SSSR count). The van der Waals surface area contributed by atoms with Crippen molar-refractivity contribution in [1.29, 1.82) is 0 Å². The van der Waals surface area contributed by atoms with Crippen molar-refractivity contribution in [2.75, 3.05) is 19.6 Å². The van der Waals surface area contributed by atoms with Gasteiger partial charge in [-0.25, -0.2) is 0 Å². The van der Waals surface area contributed by atoms with Crippen molar-refractivity contribution in [1.82, 2.24) is 9.80 Å². The predicted octanol–water partition coefficient (Wildman–Crippen LogP) is 4.64. The van der Waals surface area contributed by atoms with Crippen molar-refractivity contribution in [3.8, 4) is 0 Å².